The van der Waals surface area contributed by atoms with Gasteiger partial charge in [0, 0.05) is 18.3 Å². The molecule has 1 aromatic carbocycles. The Morgan fingerprint density at radius 3 is 2.93 bits per heavy atom. The zero-order chi connectivity index (χ0) is 19.3. The van der Waals surface area contributed by atoms with E-state index in [1.54, 1.807) is 31.3 Å². The van der Waals surface area contributed by atoms with Crippen LogP contribution in [-0.2, 0) is 26.2 Å². The summed E-state index contributed by atoms with van der Waals surface area (Å²) < 4.78 is 10.2. The number of aromatic nitrogens is 2. The zero-order valence-electron chi connectivity index (χ0n) is 14.6. The fraction of sp³-hybridized carbons (Fsp3) is 0.222. The number of anilines is 1. The predicted molar refractivity (Wildman–Crippen MR) is 92.4 cm³/mol. The van der Waals surface area contributed by atoms with Crippen molar-refractivity contribution >= 4 is 17.6 Å². The summed E-state index contributed by atoms with van der Waals surface area (Å²) in [5.41, 5.74) is 6.26. The summed E-state index contributed by atoms with van der Waals surface area (Å²) in [4.78, 5) is 26.8. The number of hydrogen-bond acceptors (Lipinski definition) is 7. The molecule has 1 amide bonds. The lowest BCUT2D eigenvalue weighted by atomic mass is 9.69. The van der Waals surface area contributed by atoms with E-state index in [4.69, 9.17) is 15.2 Å². The first kappa shape index (κ1) is 16.7. The van der Waals surface area contributed by atoms with Gasteiger partial charge in [-0.1, -0.05) is 18.2 Å². The molecule has 0 aliphatic carbocycles. The van der Waals surface area contributed by atoms with Crippen LogP contribution < -0.4 is 15.4 Å². The lowest BCUT2D eigenvalue weighted by Gasteiger charge is -2.32. The van der Waals surface area contributed by atoms with Crippen LogP contribution in [-0.4, -0.2) is 36.2 Å². The number of benzene rings is 1. The van der Waals surface area contributed by atoms with Crippen molar-refractivity contribution in [2.24, 2.45) is 5.73 Å². The Morgan fingerprint density at radius 2 is 2.22 bits per heavy atom. The largest absolute Gasteiger partial charge is 0.469 e. The first-order valence-corrected chi connectivity index (χ1v) is 8.07. The number of esters is 1. The smallest absolute Gasteiger partial charge is 0.311 e. The molecule has 0 radical (unpaired) electrons. The molecule has 1 spiro atoms. The second-order valence-electron chi connectivity index (χ2n) is 6.22. The normalized spacial score (nSPS) is 20.2. The van der Waals surface area contributed by atoms with Crippen LogP contribution >= 0.6 is 0 Å². The Morgan fingerprint density at radius 1 is 1.48 bits per heavy atom. The molecule has 27 heavy (non-hydrogen) atoms. The molecule has 0 saturated heterocycles. The molecule has 3 heterocycles. The van der Waals surface area contributed by atoms with Gasteiger partial charge < -0.3 is 20.1 Å². The van der Waals surface area contributed by atoms with Crippen molar-refractivity contribution < 1.29 is 19.1 Å². The quantitative estimate of drug-likeness (QED) is 0.739. The van der Waals surface area contributed by atoms with Crippen molar-refractivity contribution in [3.05, 3.63) is 52.5 Å². The molecule has 1 aromatic heterocycles. The van der Waals surface area contributed by atoms with Gasteiger partial charge in [-0.2, -0.15) is 5.26 Å². The maximum atomic E-state index is 13.5. The van der Waals surface area contributed by atoms with Gasteiger partial charge in [0.25, 0.3) is 0 Å². The van der Waals surface area contributed by atoms with E-state index in [0.717, 1.165) is 0 Å². The van der Waals surface area contributed by atoms with E-state index in [0.29, 0.717) is 22.5 Å². The number of likely N-dealkylation sites (N-methyl/N-ethyl adjacent to an activating group) is 1. The Labute approximate surface area is 154 Å². The van der Waals surface area contributed by atoms with Crippen LogP contribution in [0.2, 0.25) is 0 Å². The maximum Gasteiger partial charge on any atom is 0.311 e. The zero-order valence-corrected chi connectivity index (χ0v) is 14.6. The van der Waals surface area contributed by atoms with E-state index in [1.807, 2.05) is 6.07 Å². The summed E-state index contributed by atoms with van der Waals surface area (Å²) in [7, 11) is 2.89. The number of para-hydroxylation sites is 1. The number of carbonyl (C=O) groups excluding carboxylic acids is 2. The highest BCUT2D eigenvalue weighted by atomic mass is 16.5. The first-order chi connectivity index (χ1) is 13.0. The Bertz CT molecular complexity index is 1060. The predicted octanol–water partition coefficient (Wildman–Crippen LogP) is 0.474. The highest BCUT2D eigenvalue weighted by molar-refractivity contribution is 6.14. The second kappa shape index (κ2) is 5.60. The van der Waals surface area contributed by atoms with Gasteiger partial charge in [-0.3, -0.25) is 14.7 Å². The third kappa shape index (κ3) is 1.95. The molecule has 1 atom stereocenters. The van der Waals surface area contributed by atoms with E-state index in [1.165, 1.54) is 12.0 Å². The Hall–Kier alpha value is -3.80. The van der Waals surface area contributed by atoms with E-state index in [2.05, 4.69) is 10.2 Å². The van der Waals surface area contributed by atoms with E-state index >= 15 is 0 Å². The van der Waals surface area contributed by atoms with Crippen LogP contribution in [0.25, 0.3) is 0 Å². The number of carbonyl (C=O) groups is 2. The summed E-state index contributed by atoms with van der Waals surface area (Å²) in [5.74, 6) is -1.03. The number of amides is 1. The molecule has 0 bridgehead atoms. The van der Waals surface area contributed by atoms with Gasteiger partial charge in [0.2, 0.25) is 17.7 Å². The molecular weight excluding hydrogens is 350 g/mol. The molecule has 4 rings (SSSR count). The number of nitrogens with one attached hydrogen (secondary N) is 1. The van der Waals surface area contributed by atoms with Crippen molar-refractivity contribution in [1.82, 2.24) is 10.2 Å². The summed E-state index contributed by atoms with van der Waals surface area (Å²) in [5, 5.41) is 16.6. The van der Waals surface area contributed by atoms with Gasteiger partial charge in [0.05, 0.1) is 24.8 Å². The molecule has 1 unspecified atom stereocenters. The van der Waals surface area contributed by atoms with E-state index < -0.39 is 11.4 Å². The van der Waals surface area contributed by atoms with Crippen LogP contribution in [0.15, 0.2) is 35.7 Å². The van der Waals surface area contributed by atoms with Gasteiger partial charge in [-0.25, -0.2) is 0 Å². The SMILES string of the molecule is COC(=O)Cc1[nH]nc2c1C1(C(=O)N(C)c3ccccc31)C(C#N)=C(N)O2. The maximum absolute atomic E-state index is 13.5. The standard InChI is InChI=1S/C18H15N5O4/c1-23-12-6-4-3-5-9(12)18(17(23)25)10(8-19)15(20)27-16-14(18)11(21-22-16)7-13(24)26-2/h3-6H,7,20H2,1-2H3,(H,21,22). The minimum absolute atomic E-state index is 0.0377. The molecule has 0 saturated carbocycles. The summed E-state index contributed by atoms with van der Waals surface area (Å²) >= 11 is 0. The molecule has 9 nitrogen and oxygen atoms in total. The lowest BCUT2D eigenvalue weighted by Crippen LogP contribution is -2.45. The van der Waals surface area contributed by atoms with Gasteiger partial charge in [-0.15, -0.1) is 5.10 Å². The Balaban J connectivity index is 2.09. The van der Waals surface area contributed by atoms with Gasteiger partial charge in [0.15, 0.2) is 0 Å². The minimum Gasteiger partial charge on any atom is -0.469 e. The molecule has 2 aliphatic heterocycles. The fourth-order valence-electron chi connectivity index (χ4n) is 3.81. The van der Waals surface area contributed by atoms with Crippen LogP contribution in [0, 0.1) is 11.3 Å². The third-order valence-corrected chi connectivity index (χ3v) is 4.97. The number of nitriles is 1. The van der Waals surface area contributed by atoms with Gasteiger partial charge >= 0.3 is 5.97 Å². The molecule has 2 aromatic rings. The van der Waals surface area contributed by atoms with Crippen LogP contribution in [0.3, 0.4) is 0 Å². The monoisotopic (exact) mass is 365 g/mol. The first-order valence-electron chi connectivity index (χ1n) is 8.07. The highest BCUT2D eigenvalue weighted by Gasteiger charge is 2.60. The van der Waals surface area contributed by atoms with Crippen molar-refractivity contribution in [2.45, 2.75) is 11.8 Å². The summed E-state index contributed by atoms with van der Waals surface area (Å²) in [6, 6.07) is 9.13. The molecule has 3 N–H and O–H groups in total. The van der Waals surface area contributed by atoms with E-state index in [-0.39, 0.29) is 29.7 Å². The molecule has 9 heteroatoms. The number of hydrogen-bond donors (Lipinski definition) is 2. The molecule has 2 aliphatic rings. The average Bonchev–Trinajstić information content (AvgIpc) is 3.16. The number of fused-ring (bicyclic) bond motifs is 4. The summed E-state index contributed by atoms with van der Waals surface area (Å²) in [6.45, 7) is 0. The van der Waals surface area contributed by atoms with Crippen LogP contribution in [0.4, 0.5) is 5.69 Å². The number of nitrogens with two attached hydrogens (primary N) is 1. The minimum atomic E-state index is -1.53. The van der Waals surface area contributed by atoms with E-state index in [9.17, 15) is 14.9 Å². The number of aromatic amines is 1. The van der Waals surface area contributed by atoms with Gasteiger partial charge in [0.1, 0.15) is 17.1 Å². The van der Waals surface area contributed by atoms with Gasteiger partial charge in [-0.05, 0) is 6.07 Å². The van der Waals surface area contributed by atoms with Crippen molar-refractivity contribution in [1.29, 1.82) is 5.26 Å². The number of ether oxygens (including phenoxy) is 2. The Kier molecular flexibility index (Phi) is 3.46. The highest BCUT2D eigenvalue weighted by Crippen LogP contribution is 2.55. The molecule has 0 fully saturated rings. The van der Waals surface area contributed by atoms with Crippen molar-refractivity contribution in [3.63, 3.8) is 0 Å². The molecule has 136 valence electrons. The van der Waals surface area contributed by atoms with Crippen molar-refractivity contribution in [2.75, 3.05) is 19.1 Å². The lowest BCUT2D eigenvalue weighted by molar-refractivity contribution is -0.139. The number of rotatable bonds is 2. The second-order valence-corrected chi connectivity index (χ2v) is 6.22. The summed E-state index contributed by atoms with van der Waals surface area (Å²) in [6.07, 6.45) is -0.165. The average molecular weight is 365 g/mol. The topological polar surface area (TPSA) is 134 Å². The number of H-pyrrole nitrogens is 1. The third-order valence-electron chi connectivity index (χ3n) is 4.97. The molecular formula is C18H15N5O4. The van der Waals surface area contributed by atoms with Crippen LogP contribution in [0.1, 0.15) is 16.8 Å². The fourth-order valence-corrected chi connectivity index (χ4v) is 3.81. The van der Waals surface area contributed by atoms with Crippen molar-refractivity contribution in [3.8, 4) is 11.9 Å². The number of methoxy groups -OCH3 is 1. The number of nitrogens with zero attached hydrogens (tertiary/aromatic N) is 3. The van der Waals surface area contributed by atoms with Crippen LogP contribution in [0.5, 0.6) is 5.88 Å².